The number of carbonyl (C=O) groups excluding carboxylic acids is 1. The molecule has 0 aromatic rings. The van der Waals surface area contributed by atoms with Crippen molar-refractivity contribution in [3.63, 3.8) is 0 Å². The monoisotopic (exact) mass is 183 g/mol. The van der Waals surface area contributed by atoms with Gasteiger partial charge in [-0.25, -0.2) is 0 Å². The molecule has 0 aromatic carbocycles. The van der Waals surface area contributed by atoms with Crippen LogP contribution in [0.4, 0.5) is 0 Å². The van der Waals surface area contributed by atoms with Gasteiger partial charge in [0.15, 0.2) is 0 Å². The molecule has 0 aromatic heterocycles. The summed E-state index contributed by atoms with van der Waals surface area (Å²) in [6, 6.07) is 0. The van der Waals surface area contributed by atoms with Crippen molar-refractivity contribution in [1.29, 1.82) is 0 Å². The second-order valence-corrected chi connectivity index (χ2v) is 3.26. The zero-order chi connectivity index (χ0) is 9.52. The Labute approximate surface area is 79.2 Å². The quantitative estimate of drug-likeness (QED) is 0.526. The van der Waals surface area contributed by atoms with Crippen molar-refractivity contribution < 1.29 is 9.53 Å². The van der Waals surface area contributed by atoms with E-state index >= 15 is 0 Å². The van der Waals surface area contributed by atoms with Crippen LogP contribution in [0.5, 0.6) is 0 Å². The maximum atomic E-state index is 10.5. The molecule has 0 saturated heterocycles. The minimum atomic E-state index is 0.00661. The lowest BCUT2D eigenvalue weighted by Crippen LogP contribution is -2.26. The SMILES string of the molecule is CC(=O)NCCOC1CC=CCC1. The summed E-state index contributed by atoms with van der Waals surface area (Å²) in [6.45, 7) is 2.76. The number of nitrogens with one attached hydrogen (secondary N) is 1. The maximum Gasteiger partial charge on any atom is 0.216 e. The number of carbonyl (C=O) groups is 1. The molecule has 1 atom stereocenters. The lowest BCUT2D eigenvalue weighted by atomic mass is 10.1. The normalized spacial score (nSPS) is 21.5. The highest BCUT2D eigenvalue weighted by atomic mass is 16.5. The fourth-order valence-corrected chi connectivity index (χ4v) is 1.37. The first-order valence-corrected chi connectivity index (χ1v) is 4.80. The Hall–Kier alpha value is -0.830. The van der Waals surface area contributed by atoms with Crippen molar-refractivity contribution in [3.8, 4) is 0 Å². The van der Waals surface area contributed by atoms with E-state index < -0.39 is 0 Å². The Bertz CT molecular complexity index is 189. The van der Waals surface area contributed by atoms with E-state index in [0.29, 0.717) is 19.3 Å². The fraction of sp³-hybridized carbons (Fsp3) is 0.700. The predicted octanol–water partition coefficient (Wildman–Crippen LogP) is 1.25. The van der Waals surface area contributed by atoms with E-state index in [9.17, 15) is 4.79 Å². The highest BCUT2D eigenvalue weighted by Crippen LogP contribution is 2.13. The van der Waals surface area contributed by atoms with Crippen molar-refractivity contribution in [2.24, 2.45) is 0 Å². The number of rotatable bonds is 4. The molecule has 74 valence electrons. The molecule has 1 unspecified atom stereocenters. The first kappa shape index (κ1) is 10.3. The molecule has 0 heterocycles. The second kappa shape index (κ2) is 5.75. The van der Waals surface area contributed by atoms with Crippen LogP contribution in [-0.2, 0) is 9.53 Å². The molecule has 13 heavy (non-hydrogen) atoms. The van der Waals surface area contributed by atoms with E-state index in [1.807, 2.05) is 0 Å². The van der Waals surface area contributed by atoms with Gasteiger partial charge in [-0.05, 0) is 19.3 Å². The van der Waals surface area contributed by atoms with E-state index in [0.717, 1.165) is 19.3 Å². The smallest absolute Gasteiger partial charge is 0.216 e. The van der Waals surface area contributed by atoms with Gasteiger partial charge in [0.25, 0.3) is 0 Å². The van der Waals surface area contributed by atoms with Crippen molar-refractivity contribution in [1.82, 2.24) is 5.32 Å². The molecule has 0 aliphatic heterocycles. The molecule has 0 saturated carbocycles. The number of ether oxygens (including phenoxy) is 1. The summed E-state index contributed by atoms with van der Waals surface area (Å²) in [4.78, 5) is 10.5. The van der Waals surface area contributed by atoms with Crippen LogP contribution in [0.2, 0.25) is 0 Å². The van der Waals surface area contributed by atoms with Crippen LogP contribution in [0.3, 0.4) is 0 Å². The summed E-state index contributed by atoms with van der Waals surface area (Å²) in [6.07, 6.45) is 7.94. The molecular weight excluding hydrogens is 166 g/mol. The minimum Gasteiger partial charge on any atom is -0.376 e. The Kier molecular flexibility index (Phi) is 4.54. The van der Waals surface area contributed by atoms with Gasteiger partial charge in [0.05, 0.1) is 12.7 Å². The summed E-state index contributed by atoms with van der Waals surface area (Å²) in [5.41, 5.74) is 0. The van der Waals surface area contributed by atoms with Gasteiger partial charge in [0.2, 0.25) is 5.91 Å². The molecule has 1 aliphatic carbocycles. The van der Waals surface area contributed by atoms with Gasteiger partial charge in [-0.15, -0.1) is 0 Å². The van der Waals surface area contributed by atoms with E-state index in [4.69, 9.17) is 4.74 Å². The van der Waals surface area contributed by atoms with Crippen LogP contribution in [0.15, 0.2) is 12.2 Å². The maximum absolute atomic E-state index is 10.5. The average Bonchev–Trinajstić information content (AvgIpc) is 2.14. The van der Waals surface area contributed by atoms with E-state index in [1.54, 1.807) is 0 Å². The van der Waals surface area contributed by atoms with Crippen molar-refractivity contribution in [2.75, 3.05) is 13.2 Å². The molecule has 1 rings (SSSR count). The first-order chi connectivity index (χ1) is 6.29. The van der Waals surface area contributed by atoms with Crippen molar-refractivity contribution >= 4 is 5.91 Å². The average molecular weight is 183 g/mol. The summed E-state index contributed by atoms with van der Waals surface area (Å²) in [5.74, 6) is 0.00661. The van der Waals surface area contributed by atoms with E-state index in [1.165, 1.54) is 6.92 Å². The molecule has 1 N–H and O–H groups in total. The summed E-state index contributed by atoms with van der Waals surface area (Å²) >= 11 is 0. The number of allylic oxidation sites excluding steroid dienone is 1. The third kappa shape index (κ3) is 4.68. The second-order valence-electron chi connectivity index (χ2n) is 3.26. The lowest BCUT2D eigenvalue weighted by molar-refractivity contribution is -0.119. The summed E-state index contributed by atoms with van der Waals surface area (Å²) in [5, 5.41) is 2.70. The van der Waals surface area contributed by atoms with Gasteiger partial charge in [-0.3, -0.25) is 4.79 Å². The van der Waals surface area contributed by atoms with E-state index in [2.05, 4.69) is 17.5 Å². The van der Waals surface area contributed by atoms with Crippen LogP contribution in [0.1, 0.15) is 26.2 Å². The van der Waals surface area contributed by atoms with Gasteiger partial charge in [0, 0.05) is 13.5 Å². The molecule has 1 aliphatic rings. The largest absolute Gasteiger partial charge is 0.376 e. The van der Waals surface area contributed by atoms with Crippen LogP contribution in [-0.4, -0.2) is 25.2 Å². The van der Waals surface area contributed by atoms with Crippen molar-refractivity contribution in [2.45, 2.75) is 32.3 Å². The van der Waals surface area contributed by atoms with Crippen LogP contribution >= 0.6 is 0 Å². The van der Waals surface area contributed by atoms with Gasteiger partial charge < -0.3 is 10.1 Å². The highest BCUT2D eigenvalue weighted by Gasteiger charge is 2.08. The van der Waals surface area contributed by atoms with Gasteiger partial charge in [0.1, 0.15) is 0 Å². The lowest BCUT2D eigenvalue weighted by Gasteiger charge is -2.18. The molecule has 0 bridgehead atoms. The number of hydrogen-bond donors (Lipinski definition) is 1. The molecule has 3 nitrogen and oxygen atoms in total. The minimum absolute atomic E-state index is 0.00661. The summed E-state index contributed by atoms with van der Waals surface area (Å²) < 4.78 is 5.57. The van der Waals surface area contributed by atoms with Crippen LogP contribution in [0, 0.1) is 0 Å². The van der Waals surface area contributed by atoms with Crippen molar-refractivity contribution in [3.05, 3.63) is 12.2 Å². The predicted molar refractivity (Wildman–Crippen MR) is 51.4 cm³/mol. The Morgan fingerprint density at radius 1 is 1.62 bits per heavy atom. The van der Waals surface area contributed by atoms with Gasteiger partial charge in [-0.1, -0.05) is 12.2 Å². The molecular formula is C10H17NO2. The van der Waals surface area contributed by atoms with Gasteiger partial charge >= 0.3 is 0 Å². The number of hydrogen-bond acceptors (Lipinski definition) is 2. The Balaban J connectivity index is 1.99. The molecule has 0 radical (unpaired) electrons. The fourth-order valence-electron chi connectivity index (χ4n) is 1.37. The molecule has 0 fully saturated rings. The van der Waals surface area contributed by atoms with Crippen LogP contribution < -0.4 is 5.32 Å². The molecule has 0 spiro atoms. The standard InChI is InChI=1S/C10H17NO2/c1-9(12)11-7-8-13-10-5-3-2-4-6-10/h2-3,10H,4-8H2,1H3,(H,11,12). The summed E-state index contributed by atoms with van der Waals surface area (Å²) in [7, 11) is 0. The van der Waals surface area contributed by atoms with Crippen LogP contribution in [0.25, 0.3) is 0 Å². The third-order valence-electron chi connectivity index (χ3n) is 2.05. The highest BCUT2D eigenvalue weighted by molar-refractivity contribution is 5.72. The Morgan fingerprint density at radius 3 is 3.08 bits per heavy atom. The first-order valence-electron chi connectivity index (χ1n) is 4.80. The third-order valence-corrected chi connectivity index (χ3v) is 2.05. The Morgan fingerprint density at radius 2 is 2.46 bits per heavy atom. The topological polar surface area (TPSA) is 38.3 Å². The zero-order valence-corrected chi connectivity index (χ0v) is 8.08. The van der Waals surface area contributed by atoms with Gasteiger partial charge in [-0.2, -0.15) is 0 Å². The number of amides is 1. The van der Waals surface area contributed by atoms with E-state index in [-0.39, 0.29) is 5.91 Å². The molecule has 3 heteroatoms. The zero-order valence-electron chi connectivity index (χ0n) is 8.08. The molecule has 1 amide bonds.